The van der Waals surface area contributed by atoms with Crippen LogP contribution in [-0.4, -0.2) is 23.4 Å². The molecule has 9 heteroatoms. The first kappa shape index (κ1) is 14.7. The molecule has 0 fully saturated rings. The molecule has 1 aromatic heterocycles. The number of aromatic nitrogens is 1. The molecule has 0 bridgehead atoms. The van der Waals surface area contributed by atoms with E-state index in [2.05, 4.69) is 14.8 Å². The fraction of sp³-hybridized carbons (Fsp3) is 0.300. The predicted octanol–water partition coefficient (Wildman–Crippen LogP) is 1.35. The molecule has 19 heavy (non-hydrogen) atoms. The van der Waals surface area contributed by atoms with Crippen LogP contribution in [0.1, 0.15) is 12.6 Å². The monoisotopic (exact) mass is 276 g/mol. The van der Waals surface area contributed by atoms with E-state index in [4.69, 9.17) is 5.73 Å². The number of rotatable bonds is 3. The Balaban J connectivity index is 2.89. The van der Waals surface area contributed by atoms with Crippen LogP contribution in [0.4, 0.5) is 18.9 Å². The van der Waals surface area contributed by atoms with Crippen LogP contribution in [0.25, 0.3) is 0 Å². The van der Waals surface area contributed by atoms with E-state index >= 15 is 0 Å². The van der Waals surface area contributed by atoms with Gasteiger partial charge >= 0.3 is 12.1 Å². The number of halogens is 3. The Labute approximate surface area is 106 Å². The van der Waals surface area contributed by atoms with Gasteiger partial charge in [0, 0.05) is 6.20 Å². The van der Waals surface area contributed by atoms with Gasteiger partial charge in [-0.15, -0.1) is 5.10 Å². The molecule has 0 atom stereocenters. The number of pyridine rings is 1. The van der Waals surface area contributed by atoms with Crippen molar-refractivity contribution in [2.75, 3.05) is 12.0 Å². The summed E-state index contributed by atoms with van der Waals surface area (Å²) in [7, 11) is 0. The normalized spacial score (nSPS) is 12.1. The molecule has 0 aliphatic heterocycles. The maximum Gasteiger partial charge on any atom is 0.435 e. The number of alkyl halides is 3. The number of carbonyl (C=O) groups excluding carboxylic acids is 1. The van der Waals surface area contributed by atoms with E-state index in [1.165, 1.54) is 6.07 Å². The summed E-state index contributed by atoms with van der Waals surface area (Å²) in [5, 5.41) is 3.32. The highest BCUT2D eigenvalue weighted by molar-refractivity contribution is 6.34. The topological polar surface area (TPSA) is 89.6 Å². The third-order valence-electron chi connectivity index (χ3n) is 1.86. The summed E-state index contributed by atoms with van der Waals surface area (Å²) in [6.07, 6.45) is -3.65. The minimum Gasteiger partial charge on any atom is -0.460 e. The average molecular weight is 276 g/mol. The van der Waals surface area contributed by atoms with Gasteiger partial charge in [0.25, 0.3) is 0 Å². The lowest BCUT2D eigenvalue weighted by molar-refractivity contribution is -0.140. The van der Waals surface area contributed by atoms with Crippen LogP contribution in [-0.2, 0) is 15.7 Å². The van der Waals surface area contributed by atoms with Crippen molar-refractivity contribution in [1.29, 1.82) is 0 Å². The van der Waals surface area contributed by atoms with Gasteiger partial charge in [-0.05, 0) is 19.1 Å². The van der Waals surface area contributed by atoms with Crippen LogP contribution < -0.4 is 11.2 Å². The molecule has 1 aromatic rings. The number of hydrazone groups is 1. The second-order valence-electron chi connectivity index (χ2n) is 3.23. The molecule has 6 nitrogen and oxygen atoms in total. The summed E-state index contributed by atoms with van der Waals surface area (Å²) in [4.78, 5) is 14.3. The Morgan fingerprint density at radius 3 is 2.84 bits per heavy atom. The van der Waals surface area contributed by atoms with Gasteiger partial charge in [0.05, 0.1) is 12.3 Å². The quantitative estimate of drug-likeness (QED) is 0.376. The molecular weight excluding hydrogens is 265 g/mol. The number of hydrogen-bond acceptors (Lipinski definition) is 5. The fourth-order valence-electron chi connectivity index (χ4n) is 1.09. The summed E-state index contributed by atoms with van der Waals surface area (Å²) in [5.74, 6) is -1.51. The van der Waals surface area contributed by atoms with Gasteiger partial charge in [-0.2, -0.15) is 13.2 Å². The fourth-order valence-corrected chi connectivity index (χ4v) is 1.09. The van der Waals surface area contributed by atoms with Crippen LogP contribution in [0.15, 0.2) is 23.4 Å². The van der Waals surface area contributed by atoms with Crippen molar-refractivity contribution in [3.8, 4) is 0 Å². The highest BCUT2D eigenvalue weighted by Crippen LogP contribution is 2.32. The number of nitrogens with zero attached hydrogens (tertiary/aromatic N) is 2. The predicted molar refractivity (Wildman–Crippen MR) is 61.1 cm³/mol. The Kier molecular flexibility index (Phi) is 4.67. The number of esters is 1. The van der Waals surface area contributed by atoms with E-state index in [1.807, 2.05) is 5.43 Å². The van der Waals surface area contributed by atoms with Crippen molar-refractivity contribution in [2.45, 2.75) is 13.1 Å². The van der Waals surface area contributed by atoms with E-state index in [0.29, 0.717) is 0 Å². The maximum atomic E-state index is 12.6. The molecule has 0 saturated carbocycles. The lowest BCUT2D eigenvalue weighted by Crippen LogP contribution is -2.27. The smallest absolute Gasteiger partial charge is 0.435 e. The number of nitrogens with one attached hydrogen (secondary N) is 1. The molecule has 0 radical (unpaired) electrons. The minimum absolute atomic E-state index is 0.0791. The molecule has 1 heterocycles. The molecule has 104 valence electrons. The molecule has 0 aromatic carbocycles. The van der Waals surface area contributed by atoms with E-state index in [0.717, 1.165) is 12.3 Å². The third-order valence-corrected chi connectivity index (χ3v) is 1.86. The Bertz CT molecular complexity index is 488. The van der Waals surface area contributed by atoms with Gasteiger partial charge in [0.1, 0.15) is 0 Å². The first-order valence-electron chi connectivity index (χ1n) is 5.14. The van der Waals surface area contributed by atoms with E-state index < -0.39 is 29.4 Å². The second-order valence-corrected chi connectivity index (χ2v) is 3.23. The van der Waals surface area contributed by atoms with Crippen molar-refractivity contribution in [3.63, 3.8) is 0 Å². The summed E-state index contributed by atoms with van der Waals surface area (Å²) in [6.45, 7) is 1.64. The summed E-state index contributed by atoms with van der Waals surface area (Å²) >= 11 is 0. The number of hydrogen-bond donors (Lipinski definition) is 2. The Morgan fingerprint density at radius 2 is 2.26 bits per heavy atom. The van der Waals surface area contributed by atoms with Crippen LogP contribution in [0.2, 0.25) is 0 Å². The molecular formula is C10H11F3N4O2. The van der Waals surface area contributed by atoms with Gasteiger partial charge in [0.15, 0.2) is 5.69 Å². The highest BCUT2D eigenvalue weighted by Gasteiger charge is 2.35. The lowest BCUT2D eigenvalue weighted by Gasteiger charge is -2.10. The SMILES string of the molecule is CCOC(=O)/C(N)=N/Nc1cccnc1C(F)(F)F. The zero-order valence-electron chi connectivity index (χ0n) is 9.86. The van der Waals surface area contributed by atoms with Gasteiger partial charge in [-0.1, -0.05) is 0 Å². The molecule has 0 aliphatic carbocycles. The van der Waals surface area contributed by atoms with Crippen molar-refractivity contribution in [2.24, 2.45) is 10.8 Å². The number of amidine groups is 1. The molecule has 0 saturated heterocycles. The summed E-state index contributed by atoms with van der Waals surface area (Å²) in [5.41, 5.74) is 5.69. The molecule has 0 spiro atoms. The zero-order chi connectivity index (χ0) is 14.5. The van der Waals surface area contributed by atoms with Crippen LogP contribution >= 0.6 is 0 Å². The first-order valence-corrected chi connectivity index (χ1v) is 5.14. The molecule has 3 N–H and O–H groups in total. The van der Waals surface area contributed by atoms with Crippen molar-refractivity contribution < 1.29 is 22.7 Å². The van der Waals surface area contributed by atoms with Crippen LogP contribution in [0.3, 0.4) is 0 Å². The van der Waals surface area contributed by atoms with Gasteiger partial charge in [-0.25, -0.2) is 9.78 Å². The number of anilines is 1. The zero-order valence-corrected chi connectivity index (χ0v) is 9.86. The van der Waals surface area contributed by atoms with E-state index in [1.54, 1.807) is 6.92 Å². The van der Waals surface area contributed by atoms with Gasteiger partial charge < -0.3 is 10.5 Å². The second kappa shape index (κ2) is 6.03. The van der Waals surface area contributed by atoms with Gasteiger partial charge in [0.2, 0.25) is 5.84 Å². The Morgan fingerprint density at radius 1 is 1.58 bits per heavy atom. The van der Waals surface area contributed by atoms with Crippen molar-refractivity contribution in [1.82, 2.24) is 4.98 Å². The molecule has 0 aliphatic rings. The molecule has 0 amide bonds. The van der Waals surface area contributed by atoms with Crippen molar-refractivity contribution in [3.05, 3.63) is 24.0 Å². The summed E-state index contributed by atoms with van der Waals surface area (Å²) < 4.78 is 42.3. The average Bonchev–Trinajstić information content (AvgIpc) is 2.35. The van der Waals surface area contributed by atoms with E-state index in [9.17, 15) is 18.0 Å². The van der Waals surface area contributed by atoms with Crippen LogP contribution in [0, 0.1) is 0 Å². The molecule has 1 rings (SSSR count). The third kappa shape index (κ3) is 4.12. The summed E-state index contributed by atoms with van der Waals surface area (Å²) in [6, 6.07) is 2.39. The standard InChI is InChI=1S/C10H11F3N4O2/c1-2-19-9(18)8(14)17-16-6-4-3-5-15-7(6)10(11,12)13/h3-5,16H,2H2,1H3,(H2,14,17). The molecule has 0 unspecified atom stereocenters. The first-order chi connectivity index (χ1) is 8.86. The minimum atomic E-state index is -4.64. The maximum absolute atomic E-state index is 12.6. The lowest BCUT2D eigenvalue weighted by atomic mass is 10.3. The Hall–Kier alpha value is -2.32. The van der Waals surface area contributed by atoms with Crippen LogP contribution in [0.5, 0.6) is 0 Å². The highest BCUT2D eigenvalue weighted by atomic mass is 19.4. The van der Waals surface area contributed by atoms with Gasteiger partial charge in [-0.3, -0.25) is 5.43 Å². The van der Waals surface area contributed by atoms with Crippen molar-refractivity contribution >= 4 is 17.5 Å². The number of carbonyl (C=O) groups is 1. The largest absolute Gasteiger partial charge is 0.460 e. The number of ether oxygens (including phenoxy) is 1. The number of nitrogens with two attached hydrogens (primary N) is 1. The van der Waals surface area contributed by atoms with E-state index in [-0.39, 0.29) is 6.61 Å².